The monoisotopic (exact) mass is 281 g/mol. The molecular weight excluding hydrogens is 276 g/mol. The van der Waals surface area contributed by atoms with Crippen LogP contribution in [-0.4, -0.2) is 6.29 Å². The van der Waals surface area contributed by atoms with Gasteiger partial charge in [0, 0.05) is 14.2 Å². The zero-order valence-electron chi connectivity index (χ0n) is 5.47. The number of hydrogen-bond donors (Lipinski definition) is 1. The van der Waals surface area contributed by atoms with Crippen molar-refractivity contribution >= 4 is 46.2 Å². The van der Waals surface area contributed by atoms with E-state index < -0.39 is 0 Å². The molecule has 0 fully saturated rings. The fourth-order valence-corrected chi connectivity index (χ4v) is 1.76. The van der Waals surface area contributed by atoms with Crippen molar-refractivity contribution in [3.05, 3.63) is 26.3 Å². The molecule has 2 N–H and O–H groups in total. The molecule has 4 heteroatoms. The molecule has 0 saturated heterocycles. The minimum atomic E-state index is 0.446. The van der Waals surface area contributed by atoms with Crippen molar-refractivity contribution in [1.82, 2.24) is 0 Å². The molecule has 1 rings (SSSR count). The summed E-state index contributed by atoms with van der Waals surface area (Å²) in [6.45, 7) is 0. The van der Waals surface area contributed by atoms with Crippen LogP contribution in [0.3, 0.4) is 0 Å². The first-order valence-electron chi connectivity index (χ1n) is 2.85. The van der Waals surface area contributed by atoms with E-state index in [0.29, 0.717) is 22.6 Å². The van der Waals surface area contributed by atoms with Crippen molar-refractivity contribution in [2.45, 2.75) is 0 Å². The molecule has 0 heterocycles. The number of rotatable bonds is 1. The summed E-state index contributed by atoms with van der Waals surface area (Å²) in [7, 11) is 0. The molecule has 2 nitrogen and oxygen atoms in total. The van der Waals surface area contributed by atoms with Gasteiger partial charge in [-0.3, -0.25) is 4.79 Å². The van der Waals surface area contributed by atoms with Gasteiger partial charge in [0.1, 0.15) is 0 Å². The lowest BCUT2D eigenvalue weighted by molar-refractivity contribution is 0.112. The van der Waals surface area contributed by atoms with Gasteiger partial charge in [-0.15, -0.1) is 0 Å². The Hall–Kier alpha value is -0.290. The van der Waals surface area contributed by atoms with E-state index in [-0.39, 0.29) is 0 Å². The Balaban J connectivity index is 3.35. The number of benzene rings is 1. The van der Waals surface area contributed by atoms with Crippen LogP contribution in [0.2, 0.25) is 5.02 Å². The number of anilines is 1. The van der Waals surface area contributed by atoms with E-state index in [0.717, 1.165) is 3.57 Å². The highest BCUT2D eigenvalue weighted by Crippen LogP contribution is 2.23. The molecule has 0 bridgehead atoms. The van der Waals surface area contributed by atoms with Crippen LogP contribution in [0, 0.1) is 3.57 Å². The third-order valence-corrected chi connectivity index (χ3v) is 2.36. The summed E-state index contributed by atoms with van der Waals surface area (Å²) in [4.78, 5) is 10.4. The third-order valence-electron chi connectivity index (χ3n) is 1.25. The summed E-state index contributed by atoms with van der Waals surface area (Å²) < 4.78 is 0.803. The average molecular weight is 281 g/mol. The zero-order chi connectivity index (χ0) is 8.43. The molecular formula is C7H5ClINO. The number of carbonyl (C=O) groups is 1. The van der Waals surface area contributed by atoms with Crippen LogP contribution in [-0.2, 0) is 0 Å². The molecule has 0 aliphatic heterocycles. The molecule has 1 aromatic rings. The Bertz CT molecular complexity index is 301. The van der Waals surface area contributed by atoms with Crippen molar-refractivity contribution in [2.24, 2.45) is 0 Å². The molecule has 0 spiro atoms. The Labute approximate surface area is 82.9 Å². The molecule has 0 aromatic heterocycles. The van der Waals surface area contributed by atoms with Gasteiger partial charge in [0.05, 0.1) is 5.69 Å². The van der Waals surface area contributed by atoms with Crippen molar-refractivity contribution < 1.29 is 4.79 Å². The molecule has 1 aromatic carbocycles. The van der Waals surface area contributed by atoms with E-state index in [1.807, 2.05) is 22.6 Å². The maximum atomic E-state index is 10.4. The molecule has 0 atom stereocenters. The van der Waals surface area contributed by atoms with Gasteiger partial charge in [-0.05, 0) is 34.7 Å². The second kappa shape index (κ2) is 3.40. The highest BCUT2D eigenvalue weighted by molar-refractivity contribution is 14.1. The van der Waals surface area contributed by atoms with Crippen LogP contribution in [0.1, 0.15) is 10.4 Å². The summed E-state index contributed by atoms with van der Waals surface area (Å²) in [6.07, 6.45) is 0.698. The predicted octanol–water partition coefficient (Wildman–Crippen LogP) is 2.34. The fourth-order valence-electron chi connectivity index (χ4n) is 0.702. The molecule has 11 heavy (non-hydrogen) atoms. The van der Waals surface area contributed by atoms with Crippen LogP contribution in [0.4, 0.5) is 5.69 Å². The zero-order valence-corrected chi connectivity index (χ0v) is 8.39. The summed E-state index contributed by atoms with van der Waals surface area (Å²) in [5, 5.41) is 0.533. The maximum Gasteiger partial charge on any atom is 0.152 e. The topological polar surface area (TPSA) is 43.1 Å². The molecule has 0 saturated carbocycles. The van der Waals surface area contributed by atoms with E-state index in [1.165, 1.54) is 0 Å². The fraction of sp³-hybridized carbons (Fsp3) is 0. The van der Waals surface area contributed by atoms with Gasteiger partial charge >= 0.3 is 0 Å². The van der Waals surface area contributed by atoms with Crippen molar-refractivity contribution in [3.8, 4) is 0 Å². The minimum absolute atomic E-state index is 0.446. The highest BCUT2D eigenvalue weighted by atomic mass is 127. The molecule has 0 unspecified atom stereocenters. The molecule has 0 aliphatic carbocycles. The SMILES string of the molecule is Nc1c(I)cc(Cl)cc1C=O. The van der Waals surface area contributed by atoms with E-state index in [2.05, 4.69) is 0 Å². The number of aldehydes is 1. The first-order valence-corrected chi connectivity index (χ1v) is 4.30. The van der Waals surface area contributed by atoms with Gasteiger partial charge in [0.2, 0.25) is 0 Å². The number of halogens is 2. The maximum absolute atomic E-state index is 10.4. The van der Waals surface area contributed by atoms with Crippen LogP contribution >= 0.6 is 34.2 Å². The van der Waals surface area contributed by atoms with Crippen molar-refractivity contribution in [1.29, 1.82) is 0 Å². The summed E-state index contributed by atoms with van der Waals surface area (Å²) in [5.74, 6) is 0. The number of nitrogens with two attached hydrogens (primary N) is 1. The second-order valence-corrected chi connectivity index (χ2v) is 3.61. The van der Waals surface area contributed by atoms with Gasteiger partial charge in [-0.25, -0.2) is 0 Å². The van der Waals surface area contributed by atoms with Crippen LogP contribution in [0.25, 0.3) is 0 Å². The van der Waals surface area contributed by atoms with E-state index >= 15 is 0 Å². The van der Waals surface area contributed by atoms with Gasteiger partial charge in [-0.1, -0.05) is 11.6 Å². The second-order valence-electron chi connectivity index (χ2n) is 2.01. The van der Waals surface area contributed by atoms with Gasteiger partial charge in [0.15, 0.2) is 6.29 Å². The summed E-state index contributed by atoms with van der Waals surface area (Å²) >= 11 is 7.71. The number of hydrogen-bond acceptors (Lipinski definition) is 2. The Kier molecular flexibility index (Phi) is 2.72. The molecule has 0 aliphatic rings. The number of carbonyl (C=O) groups excluding carboxylic acids is 1. The summed E-state index contributed by atoms with van der Waals surface area (Å²) in [5.41, 5.74) is 6.50. The molecule has 0 amide bonds. The molecule has 0 radical (unpaired) electrons. The Morgan fingerprint density at radius 2 is 2.18 bits per heavy atom. The smallest absolute Gasteiger partial charge is 0.152 e. The molecule has 58 valence electrons. The normalized spacial score (nSPS) is 9.64. The predicted molar refractivity (Wildman–Crippen MR) is 54.0 cm³/mol. The van der Waals surface area contributed by atoms with Crippen LogP contribution in [0.5, 0.6) is 0 Å². The lowest BCUT2D eigenvalue weighted by Crippen LogP contribution is -1.95. The number of nitrogen functional groups attached to an aromatic ring is 1. The van der Waals surface area contributed by atoms with Crippen molar-refractivity contribution in [3.63, 3.8) is 0 Å². The van der Waals surface area contributed by atoms with Crippen LogP contribution in [0.15, 0.2) is 12.1 Å². The average Bonchev–Trinajstić information content (AvgIpc) is 1.96. The lowest BCUT2D eigenvalue weighted by atomic mass is 10.2. The third kappa shape index (κ3) is 1.84. The summed E-state index contributed by atoms with van der Waals surface area (Å²) in [6, 6.07) is 3.26. The largest absolute Gasteiger partial charge is 0.397 e. The van der Waals surface area contributed by atoms with E-state index in [4.69, 9.17) is 17.3 Å². The van der Waals surface area contributed by atoms with E-state index in [1.54, 1.807) is 12.1 Å². The van der Waals surface area contributed by atoms with Gasteiger partial charge < -0.3 is 5.73 Å². The first-order chi connectivity index (χ1) is 5.15. The highest BCUT2D eigenvalue weighted by Gasteiger charge is 2.03. The Morgan fingerprint density at radius 1 is 1.55 bits per heavy atom. The quantitative estimate of drug-likeness (QED) is 0.488. The standard InChI is InChI=1S/C7H5ClINO/c8-5-1-4(3-11)7(10)6(9)2-5/h1-3H,10H2. The van der Waals surface area contributed by atoms with Crippen molar-refractivity contribution in [2.75, 3.05) is 5.73 Å². The Morgan fingerprint density at radius 3 is 2.73 bits per heavy atom. The minimum Gasteiger partial charge on any atom is -0.397 e. The lowest BCUT2D eigenvalue weighted by Gasteiger charge is -2.01. The van der Waals surface area contributed by atoms with E-state index in [9.17, 15) is 4.79 Å². The van der Waals surface area contributed by atoms with Gasteiger partial charge in [0.25, 0.3) is 0 Å². The van der Waals surface area contributed by atoms with Crippen LogP contribution < -0.4 is 5.73 Å². The van der Waals surface area contributed by atoms with Gasteiger partial charge in [-0.2, -0.15) is 0 Å². The first kappa shape index (κ1) is 8.80.